The quantitative estimate of drug-likeness (QED) is 0.774. The predicted molar refractivity (Wildman–Crippen MR) is 82.3 cm³/mol. The van der Waals surface area contributed by atoms with Gasteiger partial charge in [-0.2, -0.15) is 0 Å². The summed E-state index contributed by atoms with van der Waals surface area (Å²) in [4.78, 5) is 4.02. The maximum atomic E-state index is 5.96. The van der Waals surface area contributed by atoms with Gasteiger partial charge in [0, 0.05) is 30.0 Å². The minimum atomic E-state index is 0.754. The highest BCUT2D eigenvalue weighted by Gasteiger charge is 1.98. The number of aromatic nitrogens is 2. The molecule has 0 atom stereocenters. The zero-order valence-electron chi connectivity index (χ0n) is 10.6. The lowest BCUT2D eigenvalue weighted by Gasteiger charge is -2.06. The second-order valence-electron chi connectivity index (χ2n) is 4.43. The van der Waals surface area contributed by atoms with Gasteiger partial charge in [-0.05, 0) is 53.0 Å². The Hall–Kier alpha value is -0.840. The highest BCUT2D eigenvalue weighted by Crippen LogP contribution is 2.23. The summed E-state index contributed by atoms with van der Waals surface area (Å²) in [5, 5.41) is 4.19. The molecule has 5 heteroatoms. The summed E-state index contributed by atoms with van der Waals surface area (Å²) in [6.45, 7) is 2.93. The molecule has 1 aromatic heterocycles. The van der Waals surface area contributed by atoms with Crippen LogP contribution in [0.2, 0.25) is 5.02 Å². The number of nitrogens with zero attached hydrogens (tertiary/aromatic N) is 2. The highest BCUT2D eigenvalue weighted by molar-refractivity contribution is 9.10. The Balaban J connectivity index is 1.60. The van der Waals surface area contributed by atoms with Crippen LogP contribution in [0, 0.1) is 0 Å². The van der Waals surface area contributed by atoms with E-state index in [2.05, 4.69) is 36.9 Å². The van der Waals surface area contributed by atoms with Crippen molar-refractivity contribution in [2.24, 2.45) is 0 Å². The molecule has 0 aliphatic rings. The molecular weight excluding hydrogens is 326 g/mol. The summed E-state index contributed by atoms with van der Waals surface area (Å²) in [6, 6.07) is 6.02. The smallest absolute Gasteiger partial charge is 0.0945 e. The van der Waals surface area contributed by atoms with Crippen molar-refractivity contribution in [2.75, 3.05) is 6.54 Å². The SMILES string of the molecule is Clc1ccc(CNCCCCn2ccnc2)cc1Br. The number of unbranched alkanes of at least 4 members (excludes halogenated alkanes) is 1. The molecule has 0 bridgehead atoms. The van der Waals surface area contributed by atoms with Crippen molar-refractivity contribution in [1.82, 2.24) is 14.9 Å². The predicted octanol–water partition coefficient (Wildman–Crippen LogP) is 3.87. The van der Waals surface area contributed by atoms with Crippen LogP contribution in [-0.4, -0.2) is 16.1 Å². The van der Waals surface area contributed by atoms with Crippen LogP contribution in [0.5, 0.6) is 0 Å². The lowest BCUT2D eigenvalue weighted by atomic mass is 10.2. The fourth-order valence-corrected chi connectivity index (χ4v) is 2.39. The molecule has 19 heavy (non-hydrogen) atoms. The zero-order chi connectivity index (χ0) is 13.5. The van der Waals surface area contributed by atoms with Gasteiger partial charge in [-0.3, -0.25) is 0 Å². The van der Waals surface area contributed by atoms with Gasteiger partial charge in [-0.25, -0.2) is 4.98 Å². The second-order valence-corrected chi connectivity index (χ2v) is 5.69. The third-order valence-corrected chi connectivity index (χ3v) is 4.11. The molecular formula is C14H17BrClN3. The van der Waals surface area contributed by atoms with E-state index in [1.165, 1.54) is 5.56 Å². The molecule has 0 fully saturated rings. The summed E-state index contributed by atoms with van der Waals surface area (Å²) in [7, 11) is 0. The molecule has 0 amide bonds. The monoisotopic (exact) mass is 341 g/mol. The third-order valence-electron chi connectivity index (χ3n) is 2.89. The van der Waals surface area contributed by atoms with Crippen LogP contribution in [0.25, 0.3) is 0 Å². The summed E-state index contributed by atoms with van der Waals surface area (Å²) >= 11 is 9.39. The molecule has 0 aliphatic carbocycles. The number of halogens is 2. The maximum absolute atomic E-state index is 5.96. The van der Waals surface area contributed by atoms with E-state index >= 15 is 0 Å². The minimum Gasteiger partial charge on any atom is -0.337 e. The average Bonchev–Trinajstić information content (AvgIpc) is 2.91. The van der Waals surface area contributed by atoms with E-state index in [1.807, 2.05) is 30.9 Å². The van der Waals surface area contributed by atoms with Gasteiger partial charge in [0.05, 0.1) is 11.3 Å². The van der Waals surface area contributed by atoms with Crippen LogP contribution in [0.4, 0.5) is 0 Å². The molecule has 1 N–H and O–H groups in total. The largest absolute Gasteiger partial charge is 0.337 e. The van der Waals surface area contributed by atoms with Crippen molar-refractivity contribution in [3.05, 3.63) is 52.0 Å². The lowest BCUT2D eigenvalue weighted by Crippen LogP contribution is -2.15. The van der Waals surface area contributed by atoms with Crippen molar-refractivity contribution in [3.8, 4) is 0 Å². The molecule has 0 saturated carbocycles. The van der Waals surface area contributed by atoms with Crippen LogP contribution < -0.4 is 5.32 Å². The first-order valence-electron chi connectivity index (χ1n) is 6.36. The Bertz CT molecular complexity index is 499. The molecule has 2 aromatic rings. The molecule has 1 heterocycles. The first kappa shape index (κ1) is 14.6. The van der Waals surface area contributed by atoms with Crippen molar-refractivity contribution in [2.45, 2.75) is 25.9 Å². The molecule has 3 nitrogen and oxygen atoms in total. The number of rotatable bonds is 7. The zero-order valence-corrected chi connectivity index (χ0v) is 13.0. The molecule has 0 saturated heterocycles. The summed E-state index contributed by atoms with van der Waals surface area (Å²) in [5.41, 5.74) is 1.24. The van der Waals surface area contributed by atoms with Crippen LogP contribution in [0.1, 0.15) is 18.4 Å². The molecule has 0 spiro atoms. The molecule has 0 unspecified atom stereocenters. The van der Waals surface area contributed by atoms with Gasteiger partial charge in [-0.1, -0.05) is 17.7 Å². The molecule has 1 aromatic carbocycles. The lowest BCUT2D eigenvalue weighted by molar-refractivity contribution is 0.568. The highest BCUT2D eigenvalue weighted by atomic mass is 79.9. The van der Waals surface area contributed by atoms with E-state index in [9.17, 15) is 0 Å². The summed E-state index contributed by atoms with van der Waals surface area (Å²) in [6.07, 6.45) is 7.99. The number of benzene rings is 1. The van der Waals surface area contributed by atoms with Gasteiger partial charge in [0.25, 0.3) is 0 Å². The van der Waals surface area contributed by atoms with Gasteiger partial charge in [-0.15, -0.1) is 0 Å². The molecule has 102 valence electrons. The van der Waals surface area contributed by atoms with Gasteiger partial charge >= 0.3 is 0 Å². The van der Waals surface area contributed by atoms with Crippen molar-refractivity contribution in [1.29, 1.82) is 0 Å². The van der Waals surface area contributed by atoms with Crippen LogP contribution >= 0.6 is 27.5 Å². The third kappa shape index (κ3) is 4.97. The average molecular weight is 343 g/mol. The Kier molecular flexibility index (Phi) is 5.89. The van der Waals surface area contributed by atoms with Crippen LogP contribution in [-0.2, 0) is 13.1 Å². The van der Waals surface area contributed by atoms with E-state index in [0.717, 1.165) is 42.0 Å². The number of hydrogen-bond donors (Lipinski definition) is 1. The number of aryl methyl sites for hydroxylation is 1. The minimum absolute atomic E-state index is 0.754. The van der Waals surface area contributed by atoms with Gasteiger partial charge in [0.2, 0.25) is 0 Å². The molecule has 2 rings (SSSR count). The summed E-state index contributed by atoms with van der Waals surface area (Å²) in [5.74, 6) is 0. The topological polar surface area (TPSA) is 29.9 Å². The fourth-order valence-electron chi connectivity index (χ4n) is 1.85. The van der Waals surface area contributed by atoms with E-state index in [4.69, 9.17) is 11.6 Å². The van der Waals surface area contributed by atoms with E-state index in [1.54, 1.807) is 0 Å². The van der Waals surface area contributed by atoms with E-state index < -0.39 is 0 Å². The van der Waals surface area contributed by atoms with Crippen LogP contribution in [0.3, 0.4) is 0 Å². The molecule has 0 aliphatic heterocycles. The first-order valence-corrected chi connectivity index (χ1v) is 7.53. The van der Waals surface area contributed by atoms with Crippen molar-refractivity contribution in [3.63, 3.8) is 0 Å². The normalized spacial score (nSPS) is 10.8. The van der Waals surface area contributed by atoms with Crippen molar-refractivity contribution < 1.29 is 0 Å². The Morgan fingerprint density at radius 1 is 1.32 bits per heavy atom. The van der Waals surface area contributed by atoms with Crippen molar-refractivity contribution >= 4 is 27.5 Å². The van der Waals surface area contributed by atoms with E-state index in [-0.39, 0.29) is 0 Å². The van der Waals surface area contributed by atoms with Gasteiger partial charge in [0.15, 0.2) is 0 Å². The first-order chi connectivity index (χ1) is 9.25. The van der Waals surface area contributed by atoms with Gasteiger partial charge in [0.1, 0.15) is 0 Å². The Labute approximate surface area is 127 Å². The maximum Gasteiger partial charge on any atom is 0.0945 e. The Morgan fingerprint density at radius 2 is 2.21 bits per heavy atom. The second kappa shape index (κ2) is 7.68. The standard InChI is InChI=1S/C14H17BrClN3/c15-13-9-12(3-4-14(13)16)10-17-5-1-2-7-19-8-6-18-11-19/h3-4,6,8-9,11,17H,1-2,5,7,10H2. The molecule has 0 radical (unpaired) electrons. The number of nitrogens with one attached hydrogen (secondary N) is 1. The fraction of sp³-hybridized carbons (Fsp3) is 0.357. The number of imidazole rings is 1. The number of hydrogen-bond acceptors (Lipinski definition) is 2. The Morgan fingerprint density at radius 3 is 2.95 bits per heavy atom. The van der Waals surface area contributed by atoms with E-state index in [0.29, 0.717) is 0 Å². The van der Waals surface area contributed by atoms with Crippen LogP contribution in [0.15, 0.2) is 41.4 Å². The summed E-state index contributed by atoms with van der Waals surface area (Å²) < 4.78 is 3.06. The van der Waals surface area contributed by atoms with Gasteiger partial charge < -0.3 is 9.88 Å².